The van der Waals surface area contributed by atoms with Gasteiger partial charge in [-0.3, -0.25) is 4.79 Å². The lowest BCUT2D eigenvalue weighted by Gasteiger charge is -2.34. The Balaban J connectivity index is 1.42. The summed E-state index contributed by atoms with van der Waals surface area (Å²) in [6, 6.07) is 6.06. The number of hydrogen-bond donors (Lipinski definition) is 0. The summed E-state index contributed by atoms with van der Waals surface area (Å²) in [4.78, 5) is 19.0. The van der Waals surface area contributed by atoms with Crippen molar-refractivity contribution in [3.63, 3.8) is 0 Å². The van der Waals surface area contributed by atoms with E-state index in [4.69, 9.17) is 0 Å². The Kier molecular flexibility index (Phi) is 5.54. The maximum atomic E-state index is 12.5. The zero-order chi connectivity index (χ0) is 15.2. The van der Waals surface area contributed by atoms with Gasteiger partial charge in [0.25, 0.3) is 0 Å². The van der Waals surface area contributed by atoms with Crippen LogP contribution in [0.2, 0.25) is 0 Å². The van der Waals surface area contributed by atoms with Crippen molar-refractivity contribution >= 4 is 17.7 Å². The highest BCUT2D eigenvalue weighted by Crippen LogP contribution is 2.27. The number of piperidine rings is 1. The molecule has 0 spiro atoms. The molecule has 4 heteroatoms. The summed E-state index contributed by atoms with van der Waals surface area (Å²) in [5.41, 5.74) is 0. The van der Waals surface area contributed by atoms with Gasteiger partial charge in [0.05, 0.1) is 5.03 Å². The van der Waals surface area contributed by atoms with Crippen LogP contribution in [-0.2, 0) is 4.79 Å². The zero-order valence-electron chi connectivity index (χ0n) is 13.0. The van der Waals surface area contributed by atoms with Crippen LogP contribution in [0.1, 0.15) is 32.1 Å². The van der Waals surface area contributed by atoms with Gasteiger partial charge in [0.2, 0.25) is 5.91 Å². The molecular formula is C18H24N2OS. The second-order valence-electron chi connectivity index (χ2n) is 6.23. The average molecular weight is 316 g/mol. The van der Waals surface area contributed by atoms with E-state index in [1.807, 2.05) is 30.1 Å². The number of pyridine rings is 1. The molecule has 1 amide bonds. The molecule has 1 atom stereocenters. The summed E-state index contributed by atoms with van der Waals surface area (Å²) >= 11 is 1.84. The molecule has 118 valence electrons. The van der Waals surface area contributed by atoms with Gasteiger partial charge in [0.15, 0.2) is 0 Å². The number of amides is 1. The Labute approximate surface area is 137 Å². The number of nitrogens with zero attached hydrogens (tertiary/aromatic N) is 2. The monoisotopic (exact) mass is 316 g/mol. The topological polar surface area (TPSA) is 33.2 Å². The number of carbonyl (C=O) groups is 1. The first-order valence-electron chi connectivity index (χ1n) is 8.30. The fourth-order valence-corrected chi connectivity index (χ4v) is 4.28. The molecule has 0 N–H and O–H groups in total. The van der Waals surface area contributed by atoms with E-state index in [-0.39, 0.29) is 5.92 Å². The summed E-state index contributed by atoms with van der Waals surface area (Å²) < 4.78 is 0. The molecule has 1 fully saturated rings. The molecule has 1 aromatic rings. The molecule has 0 bridgehead atoms. The van der Waals surface area contributed by atoms with E-state index >= 15 is 0 Å². The number of hydrogen-bond acceptors (Lipinski definition) is 3. The predicted molar refractivity (Wildman–Crippen MR) is 90.7 cm³/mol. The highest BCUT2D eigenvalue weighted by atomic mass is 32.2. The molecule has 1 saturated heterocycles. The molecule has 0 unspecified atom stereocenters. The van der Waals surface area contributed by atoms with Crippen molar-refractivity contribution in [3.8, 4) is 0 Å². The second-order valence-corrected chi connectivity index (χ2v) is 7.27. The van der Waals surface area contributed by atoms with Crippen molar-refractivity contribution in [1.29, 1.82) is 0 Å². The normalized spacial score (nSPS) is 22.7. The SMILES string of the molecule is O=C([C@H]1CC=CCC1)N1CCC(CSc2ccccn2)CC1. The van der Waals surface area contributed by atoms with Crippen molar-refractivity contribution in [2.45, 2.75) is 37.1 Å². The van der Waals surface area contributed by atoms with Crippen molar-refractivity contribution in [1.82, 2.24) is 9.88 Å². The molecular weight excluding hydrogens is 292 g/mol. The van der Waals surface area contributed by atoms with Crippen LogP contribution in [0, 0.1) is 11.8 Å². The molecule has 2 aliphatic rings. The lowest BCUT2D eigenvalue weighted by atomic mass is 9.91. The molecule has 22 heavy (non-hydrogen) atoms. The summed E-state index contributed by atoms with van der Waals surface area (Å²) in [5, 5.41) is 1.11. The number of rotatable bonds is 4. The van der Waals surface area contributed by atoms with Gasteiger partial charge in [-0.15, -0.1) is 11.8 Å². The predicted octanol–water partition coefficient (Wildman–Crippen LogP) is 3.77. The lowest BCUT2D eigenvalue weighted by Crippen LogP contribution is -2.42. The minimum Gasteiger partial charge on any atom is -0.342 e. The fourth-order valence-electron chi connectivity index (χ4n) is 3.23. The van der Waals surface area contributed by atoms with Crippen LogP contribution < -0.4 is 0 Å². The van der Waals surface area contributed by atoms with Crippen LogP contribution in [0.25, 0.3) is 0 Å². The third-order valence-corrected chi connectivity index (χ3v) is 5.82. The van der Waals surface area contributed by atoms with Crippen molar-refractivity contribution < 1.29 is 4.79 Å². The quantitative estimate of drug-likeness (QED) is 0.626. The number of allylic oxidation sites excluding steroid dienone is 2. The maximum Gasteiger partial charge on any atom is 0.226 e. The van der Waals surface area contributed by atoms with Crippen LogP contribution in [0.5, 0.6) is 0 Å². The Morgan fingerprint density at radius 1 is 1.23 bits per heavy atom. The Morgan fingerprint density at radius 2 is 2.09 bits per heavy atom. The lowest BCUT2D eigenvalue weighted by molar-refractivity contribution is -0.137. The summed E-state index contributed by atoms with van der Waals surface area (Å²) in [5.74, 6) is 2.46. The third kappa shape index (κ3) is 4.13. The van der Waals surface area contributed by atoms with E-state index in [0.717, 1.165) is 56.0 Å². The molecule has 3 nitrogen and oxygen atoms in total. The van der Waals surface area contributed by atoms with Crippen LogP contribution >= 0.6 is 11.8 Å². The van der Waals surface area contributed by atoms with E-state index < -0.39 is 0 Å². The summed E-state index contributed by atoms with van der Waals surface area (Å²) in [7, 11) is 0. The maximum absolute atomic E-state index is 12.5. The number of thioether (sulfide) groups is 1. The van der Waals surface area contributed by atoms with Crippen LogP contribution in [0.15, 0.2) is 41.6 Å². The number of likely N-dealkylation sites (tertiary alicyclic amines) is 1. The van der Waals surface area contributed by atoms with Crippen molar-refractivity contribution in [2.75, 3.05) is 18.8 Å². The molecule has 1 aromatic heterocycles. The standard InChI is InChI=1S/C18H24N2OS/c21-18(16-6-2-1-3-7-16)20-12-9-15(10-13-20)14-22-17-8-4-5-11-19-17/h1-2,4-5,8,11,15-16H,3,6-7,9-10,12-14H2/t16-/m0/s1. The Morgan fingerprint density at radius 3 is 2.77 bits per heavy atom. The molecule has 1 aliphatic heterocycles. The van der Waals surface area contributed by atoms with E-state index in [0.29, 0.717) is 11.8 Å². The Bertz CT molecular complexity index is 509. The smallest absolute Gasteiger partial charge is 0.226 e. The van der Waals surface area contributed by atoms with Gasteiger partial charge in [-0.05, 0) is 50.2 Å². The van der Waals surface area contributed by atoms with Gasteiger partial charge >= 0.3 is 0 Å². The van der Waals surface area contributed by atoms with Crippen LogP contribution in [-0.4, -0.2) is 34.6 Å². The highest BCUT2D eigenvalue weighted by molar-refractivity contribution is 7.99. The van der Waals surface area contributed by atoms with Gasteiger partial charge in [-0.2, -0.15) is 0 Å². The van der Waals surface area contributed by atoms with Gasteiger partial charge in [0, 0.05) is 31.0 Å². The first kappa shape index (κ1) is 15.6. The minimum absolute atomic E-state index is 0.240. The molecule has 3 rings (SSSR count). The number of carbonyl (C=O) groups excluding carboxylic acids is 1. The minimum atomic E-state index is 0.240. The fraction of sp³-hybridized carbons (Fsp3) is 0.556. The van der Waals surface area contributed by atoms with E-state index in [1.54, 1.807) is 0 Å². The van der Waals surface area contributed by atoms with Gasteiger partial charge in [-0.1, -0.05) is 18.2 Å². The molecule has 0 saturated carbocycles. The van der Waals surface area contributed by atoms with Crippen molar-refractivity contribution in [2.24, 2.45) is 11.8 Å². The highest BCUT2D eigenvalue weighted by Gasteiger charge is 2.28. The zero-order valence-corrected chi connectivity index (χ0v) is 13.8. The molecule has 0 aromatic carbocycles. The first-order chi connectivity index (χ1) is 10.8. The first-order valence-corrected chi connectivity index (χ1v) is 9.29. The van der Waals surface area contributed by atoms with Crippen LogP contribution in [0.4, 0.5) is 0 Å². The van der Waals surface area contributed by atoms with Gasteiger partial charge < -0.3 is 4.90 Å². The molecule has 2 heterocycles. The third-order valence-electron chi connectivity index (χ3n) is 4.65. The molecule has 1 aliphatic carbocycles. The molecule has 0 radical (unpaired) electrons. The van der Waals surface area contributed by atoms with E-state index in [2.05, 4.69) is 28.1 Å². The summed E-state index contributed by atoms with van der Waals surface area (Å²) in [6.07, 6.45) is 11.5. The second kappa shape index (κ2) is 7.82. The van der Waals surface area contributed by atoms with E-state index in [1.165, 1.54) is 0 Å². The van der Waals surface area contributed by atoms with Crippen molar-refractivity contribution in [3.05, 3.63) is 36.5 Å². The number of aromatic nitrogens is 1. The van der Waals surface area contributed by atoms with Gasteiger partial charge in [0.1, 0.15) is 0 Å². The Hall–Kier alpha value is -1.29. The largest absolute Gasteiger partial charge is 0.342 e. The van der Waals surface area contributed by atoms with Crippen LogP contribution in [0.3, 0.4) is 0 Å². The average Bonchev–Trinajstić information content (AvgIpc) is 2.61. The van der Waals surface area contributed by atoms with E-state index in [9.17, 15) is 4.79 Å². The van der Waals surface area contributed by atoms with Gasteiger partial charge in [-0.25, -0.2) is 4.98 Å². The summed E-state index contributed by atoms with van der Waals surface area (Å²) in [6.45, 7) is 1.87.